The van der Waals surface area contributed by atoms with Gasteiger partial charge in [-0.2, -0.15) is 0 Å². The zero-order valence-corrected chi connectivity index (χ0v) is 12.5. The Bertz CT molecular complexity index is 573. The molecule has 2 fully saturated rings. The van der Waals surface area contributed by atoms with Gasteiger partial charge < -0.3 is 30.5 Å². The van der Waals surface area contributed by atoms with Crippen LogP contribution in [0.3, 0.4) is 0 Å². The molecule has 0 aromatic heterocycles. The van der Waals surface area contributed by atoms with Gasteiger partial charge in [0.15, 0.2) is 0 Å². The standard InChI is InChI=1S/C16H21NO6/c18-7-11-12(19)13(20)14(21)15(23-11)8-2-1-3-9(6-8)16(22)17-10-4-5-10/h1-3,6,10-15,18-21H,4-5,7H2,(H,17,22)/t11?,12-,13?,14?,15-/m1/s1. The summed E-state index contributed by atoms with van der Waals surface area (Å²) in [5.74, 6) is -0.195. The quantitative estimate of drug-likeness (QED) is 0.490. The van der Waals surface area contributed by atoms with Crippen LogP contribution in [0.4, 0.5) is 0 Å². The Morgan fingerprint density at radius 2 is 1.91 bits per heavy atom. The van der Waals surface area contributed by atoms with Crippen molar-refractivity contribution in [2.24, 2.45) is 0 Å². The smallest absolute Gasteiger partial charge is 0.251 e. The molecule has 5 N–H and O–H groups in total. The van der Waals surface area contributed by atoms with E-state index in [-0.39, 0.29) is 11.9 Å². The summed E-state index contributed by atoms with van der Waals surface area (Å²) >= 11 is 0. The fraction of sp³-hybridized carbons (Fsp3) is 0.562. The fourth-order valence-corrected chi connectivity index (χ4v) is 2.73. The van der Waals surface area contributed by atoms with Crippen molar-refractivity contribution in [2.45, 2.75) is 49.4 Å². The summed E-state index contributed by atoms with van der Waals surface area (Å²) < 4.78 is 5.50. The van der Waals surface area contributed by atoms with Crippen molar-refractivity contribution in [1.82, 2.24) is 5.32 Å². The summed E-state index contributed by atoms with van der Waals surface area (Å²) in [5, 5.41) is 41.9. The van der Waals surface area contributed by atoms with Crippen LogP contribution in [-0.4, -0.2) is 63.4 Å². The van der Waals surface area contributed by atoms with Gasteiger partial charge >= 0.3 is 0 Å². The van der Waals surface area contributed by atoms with Crippen molar-refractivity contribution in [3.8, 4) is 0 Å². The molecule has 1 saturated carbocycles. The Morgan fingerprint density at radius 3 is 2.57 bits per heavy atom. The number of aliphatic hydroxyl groups is 4. The first-order chi connectivity index (χ1) is 11.0. The van der Waals surface area contributed by atoms with Crippen LogP contribution in [0.5, 0.6) is 0 Å². The van der Waals surface area contributed by atoms with Gasteiger partial charge in [-0.25, -0.2) is 0 Å². The van der Waals surface area contributed by atoms with E-state index >= 15 is 0 Å². The van der Waals surface area contributed by atoms with E-state index in [0.717, 1.165) is 12.8 Å². The van der Waals surface area contributed by atoms with E-state index in [4.69, 9.17) is 4.74 Å². The van der Waals surface area contributed by atoms with Crippen LogP contribution in [0.1, 0.15) is 34.9 Å². The van der Waals surface area contributed by atoms with Gasteiger partial charge in [0.05, 0.1) is 6.61 Å². The van der Waals surface area contributed by atoms with Crippen LogP contribution < -0.4 is 5.32 Å². The average molecular weight is 323 g/mol. The van der Waals surface area contributed by atoms with Gasteiger partial charge in [0, 0.05) is 11.6 Å². The number of amides is 1. The molecular weight excluding hydrogens is 302 g/mol. The summed E-state index contributed by atoms with van der Waals surface area (Å²) in [6, 6.07) is 6.81. The lowest BCUT2D eigenvalue weighted by Crippen LogP contribution is -2.55. The highest BCUT2D eigenvalue weighted by molar-refractivity contribution is 5.94. The largest absolute Gasteiger partial charge is 0.394 e. The van der Waals surface area contributed by atoms with Gasteiger partial charge in [0.2, 0.25) is 0 Å². The van der Waals surface area contributed by atoms with Crippen molar-refractivity contribution < 1.29 is 30.0 Å². The SMILES string of the molecule is O=C(NC1CC1)c1cccc([C@H]2OC(CO)[C@@H](O)C(O)C2O)c1. The molecule has 1 aromatic carbocycles. The number of benzene rings is 1. The topological polar surface area (TPSA) is 119 Å². The van der Waals surface area contributed by atoms with Gasteiger partial charge in [-0.3, -0.25) is 4.79 Å². The predicted octanol–water partition coefficient (Wildman–Crippen LogP) is -0.906. The molecular formula is C16H21NO6. The molecule has 3 rings (SSSR count). The highest BCUT2D eigenvalue weighted by atomic mass is 16.5. The number of hydrogen-bond donors (Lipinski definition) is 5. The summed E-state index contributed by atoms with van der Waals surface area (Å²) in [5.41, 5.74) is 0.941. The van der Waals surface area contributed by atoms with E-state index in [1.165, 1.54) is 0 Å². The number of nitrogens with one attached hydrogen (secondary N) is 1. The van der Waals surface area contributed by atoms with E-state index in [1.807, 2.05) is 0 Å². The predicted molar refractivity (Wildman–Crippen MR) is 79.7 cm³/mol. The van der Waals surface area contributed by atoms with Crippen LogP contribution in [0.2, 0.25) is 0 Å². The van der Waals surface area contributed by atoms with Crippen LogP contribution in [0.15, 0.2) is 24.3 Å². The number of carbonyl (C=O) groups is 1. The first kappa shape index (κ1) is 16.4. The van der Waals surface area contributed by atoms with Gasteiger partial charge in [-0.05, 0) is 30.5 Å². The second kappa shape index (κ2) is 6.54. The zero-order valence-electron chi connectivity index (χ0n) is 12.5. The van der Waals surface area contributed by atoms with Crippen LogP contribution in [0, 0.1) is 0 Å². The molecule has 5 atom stereocenters. The fourth-order valence-electron chi connectivity index (χ4n) is 2.73. The minimum atomic E-state index is -1.44. The molecule has 2 aliphatic rings. The van der Waals surface area contributed by atoms with Crippen LogP contribution in [0.25, 0.3) is 0 Å². The monoisotopic (exact) mass is 323 g/mol. The van der Waals surface area contributed by atoms with Gasteiger partial charge in [-0.15, -0.1) is 0 Å². The van der Waals surface area contributed by atoms with Crippen LogP contribution >= 0.6 is 0 Å². The minimum absolute atomic E-state index is 0.195. The van der Waals surface area contributed by atoms with Crippen LogP contribution in [-0.2, 0) is 4.74 Å². The van der Waals surface area contributed by atoms with Gasteiger partial charge in [-0.1, -0.05) is 12.1 Å². The van der Waals surface area contributed by atoms with Crippen molar-refractivity contribution in [3.63, 3.8) is 0 Å². The highest BCUT2D eigenvalue weighted by Gasteiger charge is 2.44. The third-order valence-electron chi connectivity index (χ3n) is 4.28. The molecule has 7 nitrogen and oxygen atoms in total. The maximum absolute atomic E-state index is 12.1. The van der Waals surface area contributed by atoms with Gasteiger partial charge in [0.25, 0.3) is 5.91 Å². The molecule has 0 bridgehead atoms. The van der Waals surface area contributed by atoms with Crippen molar-refractivity contribution in [1.29, 1.82) is 0 Å². The Labute approximate surface area is 133 Å². The second-order valence-corrected chi connectivity index (χ2v) is 6.12. The lowest BCUT2D eigenvalue weighted by atomic mass is 9.90. The third-order valence-corrected chi connectivity index (χ3v) is 4.28. The third kappa shape index (κ3) is 3.39. The summed E-state index contributed by atoms with van der Waals surface area (Å²) in [6.45, 7) is -0.483. The van der Waals surface area contributed by atoms with Crippen molar-refractivity contribution in [2.75, 3.05) is 6.61 Å². The molecule has 1 heterocycles. The van der Waals surface area contributed by atoms with Crippen molar-refractivity contribution >= 4 is 5.91 Å². The minimum Gasteiger partial charge on any atom is -0.394 e. The first-order valence-corrected chi connectivity index (χ1v) is 7.72. The van der Waals surface area contributed by atoms with E-state index in [2.05, 4.69) is 5.32 Å². The van der Waals surface area contributed by atoms with E-state index in [9.17, 15) is 25.2 Å². The Kier molecular flexibility index (Phi) is 4.65. The molecule has 23 heavy (non-hydrogen) atoms. The molecule has 1 aliphatic carbocycles. The Balaban J connectivity index is 1.80. The number of rotatable bonds is 4. The maximum atomic E-state index is 12.1. The molecule has 7 heteroatoms. The van der Waals surface area contributed by atoms with Crippen molar-refractivity contribution in [3.05, 3.63) is 35.4 Å². The number of hydrogen-bond acceptors (Lipinski definition) is 6. The van der Waals surface area contributed by atoms with E-state index in [1.54, 1.807) is 24.3 Å². The number of ether oxygens (including phenoxy) is 1. The lowest BCUT2D eigenvalue weighted by Gasteiger charge is -2.40. The van der Waals surface area contributed by atoms with E-state index < -0.39 is 37.1 Å². The van der Waals surface area contributed by atoms with Gasteiger partial charge in [0.1, 0.15) is 30.5 Å². The molecule has 0 spiro atoms. The number of aliphatic hydroxyl groups excluding tert-OH is 4. The molecule has 0 radical (unpaired) electrons. The summed E-state index contributed by atoms with van der Waals surface area (Å²) in [7, 11) is 0. The van der Waals surface area contributed by atoms with E-state index in [0.29, 0.717) is 11.1 Å². The summed E-state index contributed by atoms with van der Waals surface area (Å²) in [6.07, 6.45) is -4.12. The molecule has 1 saturated heterocycles. The molecule has 1 amide bonds. The first-order valence-electron chi connectivity index (χ1n) is 7.72. The Hall–Kier alpha value is -1.51. The Morgan fingerprint density at radius 1 is 1.17 bits per heavy atom. The average Bonchev–Trinajstić information content (AvgIpc) is 3.37. The molecule has 126 valence electrons. The molecule has 3 unspecified atom stereocenters. The molecule has 1 aromatic rings. The summed E-state index contributed by atoms with van der Waals surface area (Å²) in [4.78, 5) is 12.1. The lowest BCUT2D eigenvalue weighted by molar-refractivity contribution is -0.231. The molecule has 1 aliphatic heterocycles. The second-order valence-electron chi connectivity index (χ2n) is 6.12. The maximum Gasteiger partial charge on any atom is 0.251 e. The number of carbonyl (C=O) groups excluding carboxylic acids is 1. The normalized spacial score (nSPS) is 34.2. The highest BCUT2D eigenvalue weighted by Crippen LogP contribution is 2.32. The zero-order chi connectivity index (χ0) is 16.6.